The predicted molar refractivity (Wildman–Crippen MR) is 96.6 cm³/mol. The molecular formula is C19H27FN4O. The Labute approximate surface area is 149 Å². The summed E-state index contributed by atoms with van der Waals surface area (Å²) in [7, 11) is 0. The zero-order valence-electron chi connectivity index (χ0n) is 15.0. The summed E-state index contributed by atoms with van der Waals surface area (Å²) in [6, 6.07) is 6.33. The minimum Gasteiger partial charge on any atom is -0.382 e. The lowest BCUT2D eigenvalue weighted by Crippen LogP contribution is -2.42. The van der Waals surface area contributed by atoms with E-state index in [1.54, 1.807) is 12.1 Å². The molecule has 0 unspecified atom stereocenters. The van der Waals surface area contributed by atoms with Crippen molar-refractivity contribution in [1.29, 1.82) is 5.26 Å². The second-order valence-electron chi connectivity index (χ2n) is 6.96. The number of likely N-dealkylation sites (tertiary alicyclic amines) is 1. The van der Waals surface area contributed by atoms with Gasteiger partial charge in [0.25, 0.3) is 0 Å². The van der Waals surface area contributed by atoms with Crippen LogP contribution in [0.4, 0.5) is 10.1 Å². The molecule has 0 radical (unpaired) electrons. The SMILES string of the molecule is CC(C)CN1CCC(C(=O)NCCNc2cccc(F)c2C#N)CC1. The molecule has 1 aromatic rings. The Balaban J connectivity index is 1.70. The number of hydrogen-bond acceptors (Lipinski definition) is 4. The Kier molecular flexibility index (Phi) is 7.20. The molecule has 0 aromatic heterocycles. The number of carbonyl (C=O) groups excluding carboxylic acids is 1. The highest BCUT2D eigenvalue weighted by molar-refractivity contribution is 5.78. The van der Waals surface area contributed by atoms with Gasteiger partial charge in [0.15, 0.2) is 0 Å². The Morgan fingerprint density at radius 3 is 2.72 bits per heavy atom. The van der Waals surface area contributed by atoms with Gasteiger partial charge in [0.1, 0.15) is 17.4 Å². The number of anilines is 1. The number of nitrogens with zero attached hydrogens (tertiary/aromatic N) is 2. The van der Waals surface area contributed by atoms with E-state index in [0.717, 1.165) is 32.5 Å². The third-order valence-electron chi connectivity index (χ3n) is 4.45. The number of carbonyl (C=O) groups is 1. The van der Waals surface area contributed by atoms with Gasteiger partial charge in [-0.25, -0.2) is 4.39 Å². The van der Waals surface area contributed by atoms with Gasteiger partial charge in [0, 0.05) is 25.6 Å². The minimum atomic E-state index is -0.537. The van der Waals surface area contributed by atoms with Gasteiger partial charge in [-0.3, -0.25) is 4.79 Å². The molecule has 2 N–H and O–H groups in total. The number of benzene rings is 1. The van der Waals surface area contributed by atoms with E-state index in [0.29, 0.717) is 24.7 Å². The summed E-state index contributed by atoms with van der Waals surface area (Å²) >= 11 is 0. The minimum absolute atomic E-state index is 0.00588. The van der Waals surface area contributed by atoms with Crippen LogP contribution in [0.5, 0.6) is 0 Å². The summed E-state index contributed by atoms with van der Waals surface area (Å²) in [4.78, 5) is 14.7. The second-order valence-corrected chi connectivity index (χ2v) is 6.96. The Bertz CT molecular complexity index is 618. The first-order valence-electron chi connectivity index (χ1n) is 8.93. The van der Waals surface area contributed by atoms with Crippen LogP contribution >= 0.6 is 0 Å². The lowest BCUT2D eigenvalue weighted by Gasteiger charge is -2.32. The molecule has 1 aliphatic heterocycles. The molecule has 136 valence electrons. The highest BCUT2D eigenvalue weighted by Crippen LogP contribution is 2.19. The van der Waals surface area contributed by atoms with Crippen LogP contribution in [0.3, 0.4) is 0 Å². The molecule has 1 amide bonds. The zero-order chi connectivity index (χ0) is 18.2. The van der Waals surface area contributed by atoms with Crippen LogP contribution in [0.1, 0.15) is 32.3 Å². The van der Waals surface area contributed by atoms with Gasteiger partial charge >= 0.3 is 0 Å². The molecule has 5 nitrogen and oxygen atoms in total. The van der Waals surface area contributed by atoms with E-state index in [1.807, 2.05) is 6.07 Å². The van der Waals surface area contributed by atoms with Gasteiger partial charge in [-0.1, -0.05) is 19.9 Å². The van der Waals surface area contributed by atoms with Crippen molar-refractivity contribution in [2.45, 2.75) is 26.7 Å². The van der Waals surface area contributed by atoms with Crippen LogP contribution in [0.25, 0.3) is 0 Å². The summed E-state index contributed by atoms with van der Waals surface area (Å²) in [5.41, 5.74) is 0.463. The second kappa shape index (κ2) is 9.38. The molecule has 0 bridgehead atoms. The van der Waals surface area contributed by atoms with Crippen LogP contribution < -0.4 is 10.6 Å². The highest BCUT2D eigenvalue weighted by atomic mass is 19.1. The van der Waals surface area contributed by atoms with Crippen molar-refractivity contribution in [3.63, 3.8) is 0 Å². The third-order valence-corrected chi connectivity index (χ3v) is 4.45. The van der Waals surface area contributed by atoms with Gasteiger partial charge in [-0.2, -0.15) is 5.26 Å². The van der Waals surface area contributed by atoms with Crippen molar-refractivity contribution in [1.82, 2.24) is 10.2 Å². The summed E-state index contributed by atoms with van der Waals surface area (Å²) in [5, 5.41) is 14.9. The van der Waals surface area contributed by atoms with Crippen molar-refractivity contribution in [3.8, 4) is 6.07 Å². The summed E-state index contributed by atoms with van der Waals surface area (Å²) in [6.45, 7) is 8.37. The van der Waals surface area contributed by atoms with Gasteiger partial charge in [-0.15, -0.1) is 0 Å². The first-order chi connectivity index (χ1) is 12.0. The van der Waals surface area contributed by atoms with Crippen molar-refractivity contribution in [2.24, 2.45) is 11.8 Å². The molecule has 2 rings (SSSR count). The average Bonchev–Trinajstić information content (AvgIpc) is 2.58. The molecule has 1 heterocycles. The Morgan fingerprint density at radius 1 is 1.36 bits per heavy atom. The fourth-order valence-electron chi connectivity index (χ4n) is 3.21. The van der Waals surface area contributed by atoms with Crippen molar-refractivity contribution in [3.05, 3.63) is 29.6 Å². The molecule has 1 aromatic carbocycles. The number of hydrogen-bond donors (Lipinski definition) is 2. The normalized spacial score (nSPS) is 15.8. The largest absolute Gasteiger partial charge is 0.382 e. The first-order valence-corrected chi connectivity index (χ1v) is 8.93. The van der Waals surface area contributed by atoms with Gasteiger partial charge in [0.2, 0.25) is 5.91 Å². The highest BCUT2D eigenvalue weighted by Gasteiger charge is 2.24. The van der Waals surface area contributed by atoms with E-state index < -0.39 is 5.82 Å². The average molecular weight is 346 g/mol. The molecule has 25 heavy (non-hydrogen) atoms. The monoisotopic (exact) mass is 346 g/mol. The molecule has 1 aliphatic rings. The number of nitriles is 1. The van der Waals surface area contributed by atoms with Crippen LogP contribution in [0.15, 0.2) is 18.2 Å². The van der Waals surface area contributed by atoms with Crippen molar-refractivity contribution < 1.29 is 9.18 Å². The standard InChI is InChI=1S/C19H27FN4O/c1-14(2)13-24-10-6-15(7-11-24)19(25)23-9-8-22-18-5-3-4-17(20)16(18)12-21/h3-5,14-15,22H,6-11,13H2,1-2H3,(H,23,25). The lowest BCUT2D eigenvalue weighted by atomic mass is 9.95. The molecular weight excluding hydrogens is 319 g/mol. The summed E-state index contributed by atoms with van der Waals surface area (Å²) in [5.74, 6) is 0.278. The summed E-state index contributed by atoms with van der Waals surface area (Å²) < 4.78 is 13.5. The van der Waals surface area contributed by atoms with Crippen LogP contribution in [0.2, 0.25) is 0 Å². The smallest absolute Gasteiger partial charge is 0.223 e. The van der Waals surface area contributed by atoms with Crippen molar-refractivity contribution >= 4 is 11.6 Å². The van der Waals surface area contributed by atoms with E-state index >= 15 is 0 Å². The molecule has 0 saturated carbocycles. The fourth-order valence-corrected chi connectivity index (χ4v) is 3.21. The number of nitrogens with one attached hydrogen (secondary N) is 2. The third kappa shape index (κ3) is 5.71. The molecule has 0 spiro atoms. The van der Waals surface area contributed by atoms with E-state index in [4.69, 9.17) is 5.26 Å². The van der Waals surface area contributed by atoms with Gasteiger partial charge in [-0.05, 0) is 44.0 Å². The van der Waals surface area contributed by atoms with Crippen LogP contribution in [0, 0.1) is 29.0 Å². The number of amides is 1. The topological polar surface area (TPSA) is 68.2 Å². The molecule has 6 heteroatoms. The quantitative estimate of drug-likeness (QED) is 0.745. The zero-order valence-corrected chi connectivity index (χ0v) is 15.0. The van der Waals surface area contributed by atoms with Gasteiger partial charge in [0.05, 0.1) is 5.69 Å². The Hall–Kier alpha value is -2.13. The molecule has 0 atom stereocenters. The number of piperidine rings is 1. The molecule has 0 aliphatic carbocycles. The van der Waals surface area contributed by atoms with Crippen molar-refractivity contribution in [2.75, 3.05) is 38.0 Å². The summed E-state index contributed by atoms with van der Waals surface area (Å²) in [6.07, 6.45) is 1.79. The molecule has 1 saturated heterocycles. The van der Waals surface area contributed by atoms with Crippen LogP contribution in [-0.4, -0.2) is 43.5 Å². The van der Waals surface area contributed by atoms with E-state index in [2.05, 4.69) is 29.4 Å². The first kappa shape index (κ1) is 19.2. The van der Waals surface area contributed by atoms with E-state index in [9.17, 15) is 9.18 Å². The molecule has 1 fully saturated rings. The predicted octanol–water partition coefficient (Wildman–Crippen LogP) is 2.59. The maximum atomic E-state index is 13.5. The van der Waals surface area contributed by atoms with Crippen LogP contribution in [-0.2, 0) is 4.79 Å². The fraction of sp³-hybridized carbons (Fsp3) is 0.579. The number of halogens is 1. The van der Waals surface area contributed by atoms with E-state index in [1.165, 1.54) is 6.07 Å². The Morgan fingerprint density at radius 2 is 2.08 bits per heavy atom. The maximum Gasteiger partial charge on any atom is 0.223 e. The van der Waals surface area contributed by atoms with Gasteiger partial charge < -0.3 is 15.5 Å². The maximum absolute atomic E-state index is 13.5. The van der Waals surface area contributed by atoms with E-state index in [-0.39, 0.29) is 17.4 Å². The number of rotatable bonds is 7. The lowest BCUT2D eigenvalue weighted by molar-refractivity contribution is -0.126.